The molecule has 2 rings (SSSR count). The van der Waals surface area contributed by atoms with Crippen LogP contribution in [-0.4, -0.2) is 35.7 Å². The van der Waals surface area contributed by atoms with Crippen molar-refractivity contribution in [1.82, 2.24) is 4.90 Å². The number of benzene rings is 1. The third-order valence-corrected chi connectivity index (χ3v) is 4.38. The molecule has 1 aliphatic rings. The summed E-state index contributed by atoms with van der Waals surface area (Å²) in [6.45, 7) is 4.90. The minimum atomic E-state index is -4.47. The van der Waals surface area contributed by atoms with Crippen LogP contribution < -0.4 is 0 Å². The third-order valence-electron chi connectivity index (χ3n) is 4.38. The molecule has 1 heterocycles. The van der Waals surface area contributed by atoms with Crippen molar-refractivity contribution in [2.45, 2.75) is 38.4 Å². The molecule has 1 aromatic carbocycles. The number of hydrogen-bond acceptors (Lipinski definition) is 3. The van der Waals surface area contributed by atoms with Gasteiger partial charge in [-0.05, 0) is 24.8 Å². The van der Waals surface area contributed by atoms with Crippen molar-refractivity contribution in [3.05, 3.63) is 60.2 Å². The number of amides is 2. The molecule has 2 atom stereocenters. The monoisotopic (exact) mass is 381 g/mol. The fraction of sp³-hybridized carbons (Fsp3) is 0.400. The summed E-state index contributed by atoms with van der Waals surface area (Å²) in [7, 11) is 0. The molecule has 1 aliphatic heterocycles. The van der Waals surface area contributed by atoms with Crippen LogP contribution in [0.3, 0.4) is 0 Å². The summed E-state index contributed by atoms with van der Waals surface area (Å²) in [4.78, 5) is 25.7. The van der Waals surface area contributed by atoms with Crippen LogP contribution in [0.4, 0.5) is 18.0 Å². The highest BCUT2D eigenvalue weighted by atomic mass is 19.4. The van der Waals surface area contributed by atoms with Crippen LogP contribution in [0.15, 0.2) is 54.6 Å². The van der Waals surface area contributed by atoms with Gasteiger partial charge in [0.1, 0.15) is 6.61 Å². The Kier molecular flexibility index (Phi) is 6.82. The highest BCUT2D eigenvalue weighted by Gasteiger charge is 2.39. The minimum absolute atomic E-state index is 0.0757. The number of hydrogen-bond donors (Lipinski definition) is 0. The van der Waals surface area contributed by atoms with E-state index in [1.54, 1.807) is 0 Å². The molecule has 2 amide bonds. The minimum Gasteiger partial charge on any atom is -0.447 e. The summed E-state index contributed by atoms with van der Waals surface area (Å²) >= 11 is 0. The predicted molar refractivity (Wildman–Crippen MR) is 94.9 cm³/mol. The van der Waals surface area contributed by atoms with E-state index >= 15 is 0 Å². The first-order valence-corrected chi connectivity index (χ1v) is 8.65. The van der Waals surface area contributed by atoms with Crippen molar-refractivity contribution in [1.29, 1.82) is 0 Å². The number of imide groups is 1. The summed E-state index contributed by atoms with van der Waals surface area (Å²) in [5.41, 5.74) is 0.193. The molecule has 1 fully saturated rings. The van der Waals surface area contributed by atoms with E-state index in [0.717, 1.165) is 16.5 Å². The molecule has 4 nitrogen and oxygen atoms in total. The second-order valence-electron chi connectivity index (χ2n) is 6.49. The van der Waals surface area contributed by atoms with Gasteiger partial charge in [-0.15, -0.1) is 6.58 Å². The van der Waals surface area contributed by atoms with E-state index in [2.05, 4.69) is 6.58 Å². The molecule has 0 bridgehead atoms. The zero-order valence-electron chi connectivity index (χ0n) is 15.0. The lowest BCUT2D eigenvalue weighted by atomic mass is 10.0. The van der Waals surface area contributed by atoms with E-state index < -0.39 is 35.7 Å². The molecule has 27 heavy (non-hydrogen) atoms. The number of carbonyl (C=O) groups excluding carboxylic acids is 2. The standard InChI is InChI=1S/C20H22F3NO3/c1-3-7-16(20(21,22)23)11-10-14(2)18(25)24-17(13-27-19(24)26)12-15-8-5-4-6-9-15/h3-6,8-9,11,14,17H,1,7,10,12-13H2,2H3/b16-11-. The maximum atomic E-state index is 12.9. The number of nitrogens with zero attached hydrogens (tertiary/aromatic N) is 1. The van der Waals surface area contributed by atoms with Crippen LogP contribution >= 0.6 is 0 Å². The van der Waals surface area contributed by atoms with E-state index in [9.17, 15) is 22.8 Å². The Morgan fingerprint density at radius 1 is 1.37 bits per heavy atom. The van der Waals surface area contributed by atoms with Crippen LogP contribution in [0.2, 0.25) is 0 Å². The molecule has 0 saturated carbocycles. The van der Waals surface area contributed by atoms with Crippen molar-refractivity contribution in [2.75, 3.05) is 6.61 Å². The van der Waals surface area contributed by atoms with E-state index in [1.807, 2.05) is 30.3 Å². The zero-order chi connectivity index (χ0) is 20.0. The number of carbonyl (C=O) groups is 2. The maximum absolute atomic E-state index is 12.9. The Hall–Kier alpha value is -2.57. The normalized spacial score (nSPS) is 19.0. The van der Waals surface area contributed by atoms with E-state index in [1.165, 1.54) is 13.0 Å². The first-order valence-electron chi connectivity index (χ1n) is 8.65. The quantitative estimate of drug-likeness (QED) is 0.645. The van der Waals surface area contributed by atoms with Gasteiger partial charge in [0, 0.05) is 11.5 Å². The summed E-state index contributed by atoms with van der Waals surface area (Å²) in [6, 6.07) is 8.85. The van der Waals surface area contributed by atoms with E-state index in [4.69, 9.17) is 4.74 Å². The second-order valence-corrected chi connectivity index (χ2v) is 6.49. The van der Waals surface area contributed by atoms with Crippen LogP contribution in [0.25, 0.3) is 0 Å². The average molecular weight is 381 g/mol. The van der Waals surface area contributed by atoms with Crippen LogP contribution in [0.5, 0.6) is 0 Å². The van der Waals surface area contributed by atoms with Crippen molar-refractivity contribution < 1.29 is 27.5 Å². The highest BCUT2D eigenvalue weighted by Crippen LogP contribution is 2.30. The number of halogens is 3. The molecular formula is C20H22F3NO3. The number of ether oxygens (including phenoxy) is 1. The fourth-order valence-corrected chi connectivity index (χ4v) is 2.89. The number of allylic oxidation sites excluding steroid dienone is 3. The molecule has 7 heteroatoms. The Bertz CT molecular complexity index is 713. The Labute approximate surface area is 156 Å². The van der Waals surface area contributed by atoms with Crippen molar-refractivity contribution >= 4 is 12.0 Å². The van der Waals surface area contributed by atoms with Crippen molar-refractivity contribution in [3.8, 4) is 0 Å². The highest BCUT2D eigenvalue weighted by molar-refractivity contribution is 5.94. The average Bonchev–Trinajstić information content (AvgIpc) is 2.97. The van der Waals surface area contributed by atoms with E-state index in [-0.39, 0.29) is 19.4 Å². The molecule has 0 spiro atoms. The van der Waals surface area contributed by atoms with Gasteiger partial charge in [-0.25, -0.2) is 9.69 Å². The lowest BCUT2D eigenvalue weighted by molar-refractivity contribution is -0.132. The lowest BCUT2D eigenvalue weighted by Crippen LogP contribution is -2.42. The molecule has 2 unspecified atom stereocenters. The SMILES string of the molecule is C=CC/C(=C/CC(C)C(=O)N1C(=O)OCC1Cc1ccccc1)C(F)(F)F. The maximum Gasteiger partial charge on any atom is 0.416 e. The van der Waals surface area contributed by atoms with Gasteiger partial charge >= 0.3 is 12.3 Å². The molecular weight excluding hydrogens is 359 g/mol. The lowest BCUT2D eigenvalue weighted by Gasteiger charge is -2.23. The van der Waals surface area contributed by atoms with Gasteiger partial charge in [-0.2, -0.15) is 13.2 Å². The van der Waals surface area contributed by atoms with Crippen LogP contribution in [0.1, 0.15) is 25.3 Å². The summed E-state index contributed by atoms with van der Waals surface area (Å²) < 4.78 is 43.8. The molecule has 0 radical (unpaired) electrons. The summed E-state index contributed by atoms with van der Waals surface area (Å²) in [6.07, 6.45) is -3.07. The van der Waals surface area contributed by atoms with Gasteiger partial charge in [0.05, 0.1) is 6.04 Å². The van der Waals surface area contributed by atoms with Crippen LogP contribution in [0, 0.1) is 5.92 Å². The first kappa shape index (κ1) is 20.7. The predicted octanol–water partition coefficient (Wildman–Crippen LogP) is 4.67. The smallest absolute Gasteiger partial charge is 0.416 e. The molecule has 0 N–H and O–H groups in total. The molecule has 1 saturated heterocycles. The Morgan fingerprint density at radius 3 is 2.63 bits per heavy atom. The Morgan fingerprint density at radius 2 is 2.04 bits per heavy atom. The second kappa shape index (κ2) is 8.88. The number of rotatable bonds is 7. The van der Waals surface area contributed by atoms with Gasteiger partial charge in [0.15, 0.2) is 0 Å². The van der Waals surface area contributed by atoms with Gasteiger partial charge in [-0.3, -0.25) is 4.79 Å². The molecule has 146 valence electrons. The first-order chi connectivity index (χ1) is 12.7. The van der Waals surface area contributed by atoms with Crippen molar-refractivity contribution in [3.63, 3.8) is 0 Å². The van der Waals surface area contributed by atoms with Gasteiger partial charge in [0.2, 0.25) is 5.91 Å². The Balaban J connectivity index is 2.08. The molecule has 0 aliphatic carbocycles. The number of alkyl halides is 3. The van der Waals surface area contributed by atoms with E-state index in [0.29, 0.717) is 6.42 Å². The zero-order valence-corrected chi connectivity index (χ0v) is 15.0. The fourth-order valence-electron chi connectivity index (χ4n) is 2.89. The van der Waals surface area contributed by atoms with Crippen molar-refractivity contribution in [2.24, 2.45) is 5.92 Å². The van der Waals surface area contributed by atoms with Gasteiger partial charge in [0.25, 0.3) is 0 Å². The number of cyclic esters (lactones) is 1. The summed E-state index contributed by atoms with van der Waals surface area (Å²) in [5, 5.41) is 0. The summed E-state index contributed by atoms with van der Waals surface area (Å²) in [5.74, 6) is -1.31. The van der Waals surface area contributed by atoms with Gasteiger partial charge < -0.3 is 4.74 Å². The topological polar surface area (TPSA) is 46.6 Å². The molecule has 0 aromatic heterocycles. The third kappa shape index (κ3) is 5.45. The largest absolute Gasteiger partial charge is 0.447 e. The van der Waals surface area contributed by atoms with Gasteiger partial charge in [-0.1, -0.05) is 49.4 Å². The molecule has 1 aromatic rings. The van der Waals surface area contributed by atoms with Crippen LogP contribution in [-0.2, 0) is 16.0 Å².